The minimum Gasteiger partial charge on any atom is -0.385 e. The zero-order chi connectivity index (χ0) is 12.5. The summed E-state index contributed by atoms with van der Waals surface area (Å²) in [5, 5.41) is 4.38. The largest absolute Gasteiger partial charge is 0.385 e. The molecule has 96 valence electrons. The van der Waals surface area contributed by atoms with Gasteiger partial charge in [-0.25, -0.2) is 0 Å². The van der Waals surface area contributed by atoms with Crippen molar-refractivity contribution in [3.8, 4) is 0 Å². The lowest BCUT2D eigenvalue weighted by atomic mass is 10.3. The van der Waals surface area contributed by atoms with Crippen LogP contribution < -0.4 is 5.32 Å². The third-order valence-corrected chi connectivity index (χ3v) is 2.89. The lowest BCUT2D eigenvalue weighted by Crippen LogP contribution is -2.08. The van der Waals surface area contributed by atoms with Gasteiger partial charge in [0.2, 0.25) is 0 Å². The minimum absolute atomic E-state index is 0.563. The molecule has 3 nitrogen and oxygen atoms in total. The number of halogens is 2. The molecule has 17 heavy (non-hydrogen) atoms. The molecule has 0 aromatic heterocycles. The SMILES string of the molecule is COCCOCCCNc1ccc(Cl)c(Cl)c1. The van der Waals surface area contributed by atoms with Gasteiger partial charge in [0.15, 0.2) is 0 Å². The first-order valence-electron chi connectivity index (χ1n) is 5.49. The molecule has 0 heterocycles. The van der Waals surface area contributed by atoms with Crippen molar-refractivity contribution < 1.29 is 9.47 Å². The van der Waals surface area contributed by atoms with Crippen LogP contribution in [-0.4, -0.2) is 33.5 Å². The Balaban J connectivity index is 2.11. The number of methoxy groups -OCH3 is 1. The fourth-order valence-corrected chi connectivity index (χ4v) is 1.56. The van der Waals surface area contributed by atoms with E-state index >= 15 is 0 Å². The second-order valence-corrected chi connectivity index (χ2v) is 4.33. The van der Waals surface area contributed by atoms with Crippen molar-refractivity contribution in [3.63, 3.8) is 0 Å². The van der Waals surface area contributed by atoms with Crippen molar-refractivity contribution in [2.75, 3.05) is 38.8 Å². The normalized spacial score (nSPS) is 10.5. The van der Waals surface area contributed by atoms with Gasteiger partial charge in [-0.05, 0) is 24.6 Å². The molecule has 0 radical (unpaired) electrons. The molecule has 0 amide bonds. The van der Waals surface area contributed by atoms with Gasteiger partial charge in [0.05, 0.1) is 23.3 Å². The van der Waals surface area contributed by atoms with Crippen molar-refractivity contribution >= 4 is 28.9 Å². The molecular formula is C12H17Cl2NO2. The Morgan fingerprint density at radius 3 is 2.65 bits per heavy atom. The summed E-state index contributed by atoms with van der Waals surface area (Å²) in [4.78, 5) is 0. The Morgan fingerprint density at radius 2 is 1.94 bits per heavy atom. The molecule has 0 fully saturated rings. The highest BCUT2D eigenvalue weighted by Crippen LogP contribution is 2.24. The highest BCUT2D eigenvalue weighted by molar-refractivity contribution is 6.42. The number of nitrogens with one attached hydrogen (secondary N) is 1. The standard InChI is InChI=1S/C12H17Cl2NO2/c1-16-7-8-17-6-2-5-15-10-3-4-11(13)12(14)9-10/h3-4,9,15H,2,5-8H2,1H3. The summed E-state index contributed by atoms with van der Waals surface area (Å²) in [6.07, 6.45) is 0.934. The average molecular weight is 278 g/mol. The van der Waals surface area contributed by atoms with Gasteiger partial charge < -0.3 is 14.8 Å². The number of rotatable bonds is 8. The molecule has 1 rings (SSSR count). The molecule has 1 N–H and O–H groups in total. The summed E-state index contributed by atoms with van der Waals surface area (Å²) in [5.74, 6) is 0. The number of benzene rings is 1. The van der Waals surface area contributed by atoms with Crippen LogP contribution in [0.15, 0.2) is 18.2 Å². The minimum atomic E-state index is 0.563. The van der Waals surface area contributed by atoms with E-state index in [1.165, 1.54) is 0 Å². The van der Waals surface area contributed by atoms with Crippen LogP contribution in [0.4, 0.5) is 5.69 Å². The Labute approximate surface area is 112 Å². The third-order valence-electron chi connectivity index (χ3n) is 2.15. The Hall–Kier alpha value is -0.480. The molecule has 0 aliphatic heterocycles. The van der Waals surface area contributed by atoms with E-state index in [4.69, 9.17) is 32.7 Å². The highest BCUT2D eigenvalue weighted by Gasteiger charge is 1.98. The van der Waals surface area contributed by atoms with Gasteiger partial charge in [-0.1, -0.05) is 23.2 Å². The molecule has 0 aliphatic rings. The lowest BCUT2D eigenvalue weighted by molar-refractivity contribution is 0.0705. The van der Waals surface area contributed by atoms with Crippen molar-refractivity contribution in [2.45, 2.75) is 6.42 Å². The van der Waals surface area contributed by atoms with Gasteiger partial charge in [-0.3, -0.25) is 0 Å². The third kappa shape index (κ3) is 6.13. The Bertz CT molecular complexity index is 334. The predicted octanol–water partition coefficient (Wildman–Crippen LogP) is 3.46. The summed E-state index contributed by atoms with van der Waals surface area (Å²) in [6.45, 7) is 2.84. The maximum Gasteiger partial charge on any atom is 0.0700 e. The topological polar surface area (TPSA) is 30.5 Å². The summed E-state index contributed by atoms with van der Waals surface area (Å²) in [6, 6.07) is 5.50. The maximum absolute atomic E-state index is 5.90. The van der Waals surface area contributed by atoms with Crippen molar-refractivity contribution in [1.29, 1.82) is 0 Å². The highest BCUT2D eigenvalue weighted by atomic mass is 35.5. The molecule has 5 heteroatoms. The van der Waals surface area contributed by atoms with E-state index in [-0.39, 0.29) is 0 Å². The average Bonchev–Trinajstić information content (AvgIpc) is 2.32. The van der Waals surface area contributed by atoms with Crippen LogP contribution in [0.25, 0.3) is 0 Å². The summed E-state index contributed by atoms with van der Waals surface area (Å²) in [5.41, 5.74) is 0.969. The van der Waals surface area contributed by atoms with E-state index < -0.39 is 0 Å². The van der Waals surface area contributed by atoms with Crippen molar-refractivity contribution in [3.05, 3.63) is 28.2 Å². The molecule has 0 saturated carbocycles. The second kappa shape index (κ2) is 8.59. The van der Waals surface area contributed by atoms with Gasteiger partial charge in [-0.2, -0.15) is 0 Å². The number of anilines is 1. The Morgan fingerprint density at radius 1 is 1.12 bits per heavy atom. The zero-order valence-electron chi connectivity index (χ0n) is 9.84. The summed E-state index contributed by atoms with van der Waals surface area (Å²) in [7, 11) is 1.66. The van der Waals surface area contributed by atoms with Gasteiger partial charge in [0, 0.05) is 25.9 Å². The van der Waals surface area contributed by atoms with E-state index in [1.807, 2.05) is 12.1 Å². The van der Waals surface area contributed by atoms with Gasteiger partial charge in [0.1, 0.15) is 0 Å². The van der Waals surface area contributed by atoms with Crippen molar-refractivity contribution in [1.82, 2.24) is 0 Å². The molecule has 1 aromatic carbocycles. The quantitative estimate of drug-likeness (QED) is 0.739. The number of hydrogen-bond donors (Lipinski definition) is 1. The van der Waals surface area contributed by atoms with Crippen molar-refractivity contribution in [2.24, 2.45) is 0 Å². The van der Waals surface area contributed by atoms with E-state index in [9.17, 15) is 0 Å². The number of hydrogen-bond acceptors (Lipinski definition) is 3. The van der Waals surface area contributed by atoms with Crippen LogP contribution in [0.1, 0.15) is 6.42 Å². The van der Waals surface area contributed by atoms with Crippen LogP contribution >= 0.6 is 23.2 Å². The molecular weight excluding hydrogens is 261 g/mol. The number of ether oxygens (including phenoxy) is 2. The molecule has 1 aromatic rings. The van der Waals surface area contributed by atoms with E-state index in [0.717, 1.165) is 25.3 Å². The van der Waals surface area contributed by atoms with E-state index in [0.29, 0.717) is 23.3 Å². The first-order chi connectivity index (χ1) is 8.24. The summed E-state index contributed by atoms with van der Waals surface area (Å²) < 4.78 is 10.2. The summed E-state index contributed by atoms with van der Waals surface area (Å²) >= 11 is 11.7. The van der Waals surface area contributed by atoms with Crippen LogP contribution in [0, 0.1) is 0 Å². The Kier molecular flexibility index (Phi) is 7.37. The maximum atomic E-state index is 5.90. The van der Waals surface area contributed by atoms with Gasteiger partial charge in [-0.15, -0.1) is 0 Å². The van der Waals surface area contributed by atoms with E-state index in [2.05, 4.69) is 5.32 Å². The zero-order valence-corrected chi connectivity index (χ0v) is 11.4. The molecule has 0 saturated heterocycles. The molecule has 0 atom stereocenters. The molecule has 0 bridgehead atoms. The van der Waals surface area contributed by atoms with Crippen LogP contribution in [-0.2, 0) is 9.47 Å². The van der Waals surface area contributed by atoms with Gasteiger partial charge >= 0.3 is 0 Å². The van der Waals surface area contributed by atoms with Crippen LogP contribution in [0.5, 0.6) is 0 Å². The van der Waals surface area contributed by atoms with Crippen LogP contribution in [0.2, 0.25) is 10.0 Å². The monoisotopic (exact) mass is 277 g/mol. The van der Waals surface area contributed by atoms with Crippen LogP contribution in [0.3, 0.4) is 0 Å². The second-order valence-electron chi connectivity index (χ2n) is 3.51. The first kappa shape index (κ1) is 14.6. The molecule has 0 spiro atoms. The first-order valence-corrected chi connectivity index (χ1v) is 6.25. The van der Waals surface area contributed by atoms with E-state index in [1.54, 1.807) is 13.2 Å². The fourth-order valence-electron chi connectivity index (χ4n) is 1.26. The molecule has 0 aliphatic carbocycles. The van der Waals surface area contributed by atoms with Gasteiger partial charge in [0.25, 0.3) is 0 Å². The molecule has 0 unspecified atom stereocenters. The lowest BCUT2D eigenvalue weighted by Gasteiger charge is -2.07. The fraction of sp³-hybridized carbons (Fsp3) is 0.500. The predicted molar refractivity (Wildman–Crippen MR) is 72.3 cm³/mol. The smallest absolute Gasteiger partial charge is 0.0700 e.